The Hall–Kier alpha value is -2.47. The Bertz CT molecular complexity index is 1370. The van der Waals surface area contributed by atoms with E-state index in [9.17, 15) is 31.5 Å². The van der Waals surface area contributed by atoms with Crippen LogP contribution in [-0.2, 0) is 20.0 Å². The van der Waals surface area contributed by atoms with Crippen molar-refractivity contribution >= 4 is 21.4 Å². The van der Waals surface area contributed by atoms with Crippen molar-refractivity contribution in [1.29, 1.82) is 0 Å². The molecule has 39 heavy (non-hydrogen) atoms. The van der Waals surface area contributed by atoms with Crippen molar-refractivity contribution in [2.24, 2.45) is 11.3 Å². The standard InChI is InChI=1S/C27H32F3N3O5S/c1-39(36,37)20-4-2-3-19(13-20)33(22(34)18-14-26(35,15-18)27(28,29)30)16-24-7-10-25(11-8-24,12-9-24)23-31-21(32-38-23)17-5-6-17/h2-4,13,17-18,35H,5-12,14-16H2,1H3. The van der Waals surface area contributed by atoms with Crippen molar-refractivity contribution < 1.29 is 36.0 Å². The number of benzene rings is 1. The number of rotatable bonds is 7. The van der Waals surface area contributed by atoms with Crippen molar-refractivity contribution in [3.8, 4) is 0 Å². The second kappa shape index (κ2) is 8.76. The molecule has 1 aromatic heterocycles. The summed E-state index contributed by atoms with van der Waals surface area (Å²) < 4.78 is 70.0. The van der Waals surface area contributed by atoms with Crippen molar-refractivity contribution in [2.75, 3.05) is 17.7 Å². The monoisotopic (exact) mass is 567 g/mol. The fourth-order valence-electron chi connectivity index (χ4n) is 6.67. The number of alkyl halides is 3. The van der Waals surface area contributed by atoms with Crippen LogP contribution in [0.25, 0.3) is 0 Å². The van der Waals surface area contributed by atoms with Crippen molar-refractivity contribution in [2.45, 2.75) is 92.2 Å². The summed E-state index contributed by atoms with van der Waals surface area (Å²) in [6, 6.07) is 6.00. The minimum Gasteiger partial charge on any atom is -0.380 e. The van der Waals surface area contributed by atoms with Gasteiger partial charge in [0.1, 0.15) is 0 Å². The molecule has 1 amide bonds. The zero-order chi connectivity index (χ0) is 27.8. The maximum absolute atomic E-state index is 13.7. The van der Waals surface area contributed by atoms with E-state index in [-0.39, 0.29) is 22.3 Å². The second-order valence-electron chi connectivity index (χ2n) is 12.3. The van der Waals surface area contributed by atoms with Gasteiger partial charge in [-0.3, -0.25) is 4.79 Å². The van der Waals surface area contributed by atoms with Crippen LogP contribution < -0.4 is 4.90 Å². The molecule has 0 aliphatic heterocycles. The summed E-state index contributed by atoms with van der Waals surface area (Å²) in [5.41, 5.74) is -2.98. The third-order valence-corrected chi connectivity index (χ3v) is 10.7. The van der Waals surface area contributed by atoms with Crippen LogP contribution in [0.3, 0.4) is 0 Å². The van der Waals surface area contributed by atoms with Gasteiger partial charge in [0.25, 0.3) is 0 Å². The number of amides is 1. The molecule has 12 heteroatoms. The van der Waals surface area contributed by atoms with Crippen LogP contribution in [0.2, 0.25) is 0 Å². The summed E-state index contributed by atoms with van der Waals surface area (Å²) in [5.74, 6) is 0.350. The van der Waals surface area contributed by atoms with Crippen molar-refractivity contribution in [1.82, 2.24) is 10.1 Å². The molecule has 5 fully saturated rings. The number of hydrogen-bond donors (Lipinski definition) is 1. The van der Waals surface area contributed by atoms with Crippen LogP contribution in [-0.4, -0.2) is 54.2 Å². The number of sulfone groups is 1. The maximum atomic E-state index is 13.7. The molecular weight excluding hydrogens is 535 g/mol. The number of aromatic nitrogens is 2. The topological polar surface area (TPSA) is 114 Å². The molecule has 0 spiro atoms. The van der Waals surface area contributed by atoms with Gasteiger partial charge in [-0.15, -0.1) is 0 Å². The van der Waals surface area contributed by atoms with Gasteiger partial charge in [-0.1, -0.05) is 11.2 Å². The summed E-state index contributed by atoms with van der Waals surface area (Å²) in [6.45, 7) is 0.271. The van der Waals surface area contributed by atoms with Gasteiger partial charge in [-0.2, -0.15) is 18.2 Å². The quantitative estimate of drug-likeness (QED) is 0.517. The Labute approximate surface area is 224 Å². The Kier molecular flexibility index (Phi) is 6.01. The number of aliphatic hydroxyl groups is 1. The molecule has 1 aromatic carbocycles. The first-order chi connectivity index (χ1) is 18.2. The van der Waals surface area contributed by atoms with Gasteiger partial charge in [-0.25, -0.2) is 8.42 Å². The van der Waals surface area contributed by atoms with Gasteiger partial charge >= 0.3 is 6.18 Å². The molecule has 1 heterocycles. The van der Waals surface area contributed by atoms with E-state index in [4.69, 9.17) is 9.51 Å². The normalized spacial score (nSPS) is 32.6. The van der Waals surface area contributed by atoms with Gasteiger partial charge in [-0.05, 0) is 87.8 Å². The molecule has 0 saturated heterocycles. The average molecular weight is 568 g/mol. The highest BCUT2D eigenvalue weighted by molar-refractivity contribution is 7.90. The van der Waals surface area contributed by atoms with Gasteiger partial charge in [0.15, 0.2) is 21.3 Å². The number of hydrogen-bond acceptors (Lipinski definition) is 7. The van der Waals surface area contributed by atoms with Crippen molar-refractivity contribution in [3.63, 3.8) is 0 Å². The van der Waals surface area contributed by atoms with Crippen LogP contribution >= 0.6 is 0 Å². The van der Waals surface area contributed by atoms with Crippen LogP contribution in [0.5, 0.6) is 0 Å². The first-order valence-electron chi connectivity index (χ1n) is 13.5. The molecule has 0 radical (unpaired) electrons. The van der Waals surface area contributed by atoms with Crippen molar-refractivity contribution in [3.05, 3.63) is 36.0 Å². The fourth-order valence-corrected chi connectivity index (χ4v) is 7.34. The van der Waals surface area contributed by atoms with E-state index < -0.39 is 46.3 Å². The third kappa shape index (κ3) is 4.67. The predicted molar refractivity (Wildman–Crippen MR) is 134 cm³/mol. The third-order valence-electron chi connectivity index (χ3n) is 9.60. The highest BCUT2D eigenvalue weighted by Gasteiger charge is 2.63. The van der Waals surface area contributed by atoms with E-state index in [0.717, 1.165) is 63.4 Å². The first-order valence-corrected chi connectivity index (χ1v) is 15.4. The molecule has 2 aromatic rings. The lowest BCUT2D eigenvalue weighted by Crippen LogP contribution is -2.60. The molecule has 5 aliphatic rings. The summed E-state index contributed by atoms with van der Waals surface area (Å²) >= 11 is 0. The number of halogens is 3. The number of anilines is 1. The molecule has 5 aliphatic carbocycles. The number of fused-ring (bicyclic) bond motifs is 3. The summed E-state index contributed by atoms with van der Waals surface area (Å²) in [5, 5.41) is 14.2. The minimum atomic E-state index is -4.81. The Morgan fingerprint density at radius 1 is 1.13 bits per heavy atom. The highest BCUT2D eigenvalue weighted by atomic mass is 32.2. The molecule has 1 N–H and O–H groups in total. The highest BCUT2D eigenvalue weighted by Crippen LogP contribution is 2.58. The number of carbonyl (C=O) groups excluding carboxylic acids is 1. The van der Waals surface area contributed by atoms with Gasteiger partial charge in [0.05, 0.1) is 4.90 Å². The molecule has 212 valence electrons. The van der Waals surface area contributed by atoms with E-state index in [2.05, 4.69) is 5.16 Å². The Morgan fingerprint density at radius 3 is 2.33 bits per heavy atom. The van der Waals surface area contributed by atoms with E-state index >= 15 is 0 Å². The smallest absolute Gasteiger partial charge is 0.380 e. The minimum absolute atomic E-state index is 0.0323. The zero-order valence-electron chi connectivity index (χ0n) is 21.7. The van der Waals surface area contributed by atoms with Gasteiger partial charge in [0, 0.05) is 35.7 Å². The average Bonchev–Trinajstić information content (AvgIpc) is 3.60. The maximum Gasteiger partial charge on any atom is 0.417 e. The zero-order valence-corrected chi connectivity index (χ0v) is 22.5. The molecule has 0 unspecified atom stereocenters. The largest absolute Gasteiger partial charge is 0.417 e. The second-order valence-corrected chi connectivity index (χ2v) is 14.4. The first kappa shape index (κ1) is 26.7. The molecule has 0 atom stereocenters. The van der Waals surface area contributed by atoms with Crippen LogP contribution in [0, 0.1) is 11.3 Å². The Balaban J connectivity index is 1.24. The van der Waals surface area contributed by atoms with Gasteiger partial charge < -0.3 is 14.5 Å². The molecule has 8 nitrogen and oxygen atoms in total. The number of nitrogens with zero attached hydrogens (tertiary/aromatic N) is 3. The van der Waals surface area contributed by atoms with Crippen LogP contribution in [0.15, 0.2) is 33.7 Å². The van der Waals surface area contributed by atoms with E-state index in [1.54, 1.807) is 6.07 Å². The lowest BCUT2D eigenvalue weighted by Gasteiger charge is -2.53. The Morgan fingerprint density at radius 2 is 1.77 bits per heavy atom. The fraction of sp³-hybridized carbons (Fsp3) is 0.667. The van der Waals surface area contributed by atoms with E-state index in [1.165, 1.54) is 23.1 Å². The summed E-state index contributed by atoms with van der Waals surface area (Å²) in [6.07, 6.45) is 1.78. The lowest BCUT2D eigenvalue weighted by atomic mass is 9.53. The predicted octanol–water partition coefficient (Wildman–Crippen LogP) is 4.68. The van der Waals surface area contributed by atoms with Crippen LogP contribution in [0.4, 0.5) is 18.9 Å². The van der Waals surface area contributed by atoms with Gasteiger partial charge in [0.2, 0.25) is 11.8 Å². The lowest BCUT2D eigenvalue weighted by molar-refractivity contribution is -0.295. The van der Waals surface area contributed by atoms with Crippen LogP contribution in [0.1, 0.15) is 81.8 Å². The van der Waals surface area contributed by atoms with E-state index in [1.807, 2.05) is 0 Å². The number of carbonyl (C=O) groups is 1. The molecular formula is C27H32F3N3O5S. The molecule has 7 rings (SSSR count). The SMILES string of the molecule is CS(=O)(=O)c1cccc(N(CC23CCC(c4nc(C5CC5)no4)(CC2)CC3)C(=O)C2CC(O)(C(F)(F)F)C2)c1. The summed E-state index contributed by atoms with van der Waals surface area (Å²) in [4.78, 5) is 19.9. The summed E-state index contributed by atoms with van der Waals surface area (Å²) in [7, 11) is -3.57. The molecule has 5 saturated carbocycles. The van der Waals surface area contributed by atoms with E-state index in [0.29, 0.717) is 17.5 Å². The molecule has 2 bridgehead atoms.